The van der Waals surface area contributed by atoms with Gasteiger partial charge in [-0.15, -0.1) is 0 Å². The third-order valence-electron chi connectivity index (χ3n) is 4.38. The number of amides is 1. The fourth-order valence-electron chi connectivity index (χ4n) is 3.15. The van der Waals surface area contributed by atoms with E-state index in [0.29, 0.717) is 37.8 Å². The van der Waals surface area contributed by atoms with Crippen LogP contribution in [0.3, 0.4) is 0 Å². The fraction of sp³-hybridized carbons (Fsp3) is 0.647. The molecular weight excluding hydrogens is 322 g/mol. The molecule has 0 unspecified atom stereocenters. The number of piperidine rings is 1. The average Bonchev–Trinajstić information content (AvgIpc) is 3.15. The van der Waals surface area contributed by atoms with Crippen LogP contribution in [-0.4, -0.2) is 49.9 Å². The standard InChI is InChI=1S/C17H25N5O3/c1-12-9-13(2)22(19-12)8-6-17(23)21-7-4-5-15(10-21)24-11-16-18-14(3)20-25-16/h9,15H,4-8,10-11H2,1-3H3/t15-/m0/s1. The maximum Gasteiger partial charge on any atom is 0.252 e. The van der Waals surface area contributed by atoms with Crippen molar-refractivity contribution in [2.24, 2.45) is 0 Å². The van der Waals surface area contributed by atoms with Crippen LogP contribution in [0.5, 0.6) is 0 Å². The van der Waals surface area contributed by atoms with Gasteiger partial charge in [0.1, 0.15) is 6.61 Å². The first-order valence-corrected chi connectivity index (χ1v) is 8.71. The van der Waals surface area contributed by atoms with Gasteiger partial charge in [0.2, 0.25) is 5.91 Å². The highest BCUT2D eigenvalue weighted by atomic mass is 16.5. The van der Waals surface area contributed by atoms with E-state index < -0.39 is 0 Å². The molecule has 1 atom stereocenters. The smallest absolute Gasteiger partial charge is 0.252 e. The summed E-state index contributed by atoms with van der Waals surface area (Å²) in [5, 5.41) is 8.15. The molecule has 3 heterocycles. The lowest BCUT2D eigenvalue weighted by atomic mass is 10.1. The van der Waals surface area contributed by atoms with E-state index in [1.54, 1.807) is 6.92 Å². The molecule has 1 amide bonds. The van der Waals surface area contributed by atoms with Crippen molar-refractivity contribution in [3.8, 4) is 0 Å². The van der Waals surface area contributed by atoms with Crippen molar-refractivity contribution in [2.45, 2.75) is 59.3 Å². The van der Waals surface area contributed by atoms with Gasteiger partial charge >= 0.3 is 0 Å². The molecular formula is C17H25N5O3. The SMILES string of the molecule is Cc1cc(C)n(CCC(=O)N2CCC[C@H](OCc3nc(C)no3)C2)n1. The zero-order chi connectivity index (χ0) is 17.8. The Morgan fingerprint density at radius 3 is 2.92 bits per heavy atom. The van der Waals surface area contributed by atoms with E-state index in [-0.39, 0.29) is 12.0 Å². The number of aromatic nitrogens is 4. The number of carbonyl (C=O) groups excluding carboxylic acids is 1. The Bertz CT molecular complexity index is 724. The number of likely N-dealkylation sites (tertiary alicyclic amines) is 1. The van der Waals surface area contributed by atoms with Gasteiger partial charge in [0.05, 0.1) is 11.8 Å². The second-order valence-electron chi connectivity index (χ2n) is 6.55. The Kier molecular flexibility index (Phi) is 5.47. The number of ether oxygens (including phenoxy) is 1. The molecule has 0 bridgehead atoms. The second kappa shape index (κ2) is 7.77. The number of nitrogens with zero attached hydrogens (tertiary/aromatic N) is 5. The first kappa shape index (κ1) is 17.6. The predicted molar refractivity (Wildman–Crippen MR) is 89.7 cm³/mol. The van der Waals surface area contributed by atoms with Gasteiger partial charge in [0.15, 0.2) is 5.82 Å². The Labute approximate surface area is 147 Å². The van der Waals surface area contributed by atoms with Gasteiger partial charge in [-0.1, -0.05) is 5.16 Å². The molecule has 1 aliphatic heterocycles. The first-order valence-electron chi connectivity index (χ1n) is 8.71. The summed E-state index contributed by atoms with van der Waals surface area (Å²) in [6, 6.07) is 2.02. The summed E-state index contributed by atoms with van der Waals surface area (Å²) in [6.07, 6.45) is 2.35. The van der Waals surface area contributed by atoms with Crippen LogP contribution in [0.2, 0.25) is 0 Å². The van der Waals surface area contributed by atoms with Crippen LogP contribution >= 0.6 is 0 Å². The fourth-order valence-corrected chi connectivity index (χ4v) is 3.15. The summed E-state index contributed by atoms with van der Waals surface area (Å²) in [5.41, 5.74) is 2.06. The largest absolute Gasteiger partial charge is 0.367 e. The van der Waals surface area contributed by atoms with E-state index >= 15 is 0 Å². The highest BCUT2D eigenvalue weighted by Crippen LogP contribution is 2.16. The van der Waals surface area contributed by atoms with Crippen LogP contribution in [0, 0.1) is 20.8 Å². The molecule has 1 aliphatic rings. The second-order valence-corrected chi connectivity index (χ2v) is 6.55. The molecule has 25 heavy (non-hydrogen) atoms. The highest BCUT2D eigenvalue weighted by molar-refractivity contribution is 5.76. The van der Waals surface area contributed by atoms with Crippen LogP contribution in [0.4, 0.5) is 0 Å². The molecule has 0 radical (unpaired) electrons. The van der Waals surface area contributed by atoms with Crippen LogP contribution in [-0.2, 0) is 22.7 Å². The van der Waals surface area contributed by atoms with Gasteiger partial charge in [0.25, 0.3) is 5.89 Å². The minimum absolute atomic E-state index is 0.0126. The lowest BCUT2D eigenvalue weighted by Crippen LogP contribution is -2.43. The summed E-state index contributed by atoms with van der Waals surface area (Å²) in [4.78, 5) is 18.5. The lowest BCUT2D eigenvalue weighted by Gasteiger charge is -2.32. The maximum absolute atomic E-state index is 12.5. The van der Waals surface area contributed by atoms with E-state index in [4.69, 9.17) is 9.26 Å². The van der Waals surface area contributed by atoms with Crippen molar-refractivity contribution < 1.29 is 14.1 Å². The van der Waals surface area contributed by atoms with Gasteiger partial charge in [-0.25, -0.2) is 0 Å². The maximum atomic E-state index is 12.5. The normalized spacial score (nSPS) is 17.9. The molecule has 0 aliphatic carbocycles. The molecule has 8 heteroatoms. The molecule has 0 aromatic carbocycles. The first-order chi connectivity index (χ1) is 12.0. The van der Waals surface area contributed by atoms with Crippen molar-refractivity contribution in [1.82, 2.24) is 24.8 Å². The Morgan fingerprint density at radius 2 is 2.24 bits per heavy atom. The molecule has 1 fully saturated rings. The summed E-state index contributed by atoms with van der Waals surface area (Å²) < 4.78 is 12.8. The molecule has 3 rings (SSSR count). The third kappa shape index (κ3) is 4.66. The Balaban J connectivity index is 1.46. The van der Waals surface area contributed by atoms with E-state index in [1.807, 2.05) is 29.5 Å². The average molecular weight is 347 g/mol. The van der Waals surface area contributed by atoms with Gasteiger partial charge in [-0.2, -0.15) is 10.1 Å². The third-order valence-corrected chi connectivity index (χ3v) is 4.38. The monoisotopic (exact) mass is 347 g/mol. The number of aryl methyl sites for hydroxylation is 4. The summed E-state index contributed by atoms with van der Waals surface area (Å²) >= 11 is 0. The number of hydrogen-bond acceptors (Lipinski definition) is 6. The summed E-state index contributed by atoms with van der Waals surface area (Å²) in [5.74, 6) is 1.23. The predicted octanol–water partition coefficient (Wildman–Crippen LogP) is 1.79. The quantitative estimate of drug-likeness (QED) is 0.792. The van der Waals surface area contributed by atoms with Crippen molar-refractivity contribution >= 4 is 5.91 Å². The number of rotatable bonds is 6. The van der Waals surface area contributed by atoms with E-state index in [2.05, 4.69) is 15.2 Å². The molecule has 8 nitrogen and oxygen atoms in total. The molecule has 136 valence electrons. The van der Waals surface area contributed by atoms with Gasteiger partial charge in [0, 0.05) is 31.7 Å². The molecule has 2 aromatic heterocycles. The number of carbonyl (C=O) groups is 1. The zero-order valence-electron chi connectivity index (χ0n) is 15.1. The molecule has 0 N–H and O–H groups in total. The van der Waals surface area contributed by atoms with Gasteiger partial charge < -0.3 is 14.2 Å². The van der Waals surface area contributed by atoms with Crippen molar-refractivity contribution in [1.29, 1.82) is 0 Å². The van der Waals surface area contributed by atoms with Crippen LogP contribution in [0.15, 0.2) is 10.6 Å². The van der Waals surface area contributed by atoms with Crippen molar-refractivity contribution in [2.75, 3.05) is 13.1 Å². The molecule has 1 saturated heterocycles. The molecule has 0 spiro atoms. The van der Waals surface area contributed by atoms with Gasteiger partial charge in [-0.3, -0.25) is 9.48 Å². The van der Waals surface area contributed by atoms with E-state index in [0.717, 1.165) is 30.8 Å². The van der Waals surface area contributed by atoms with Gasteiger partial charge in [-0.05, 0) is 39.7 Å². The molecule has 0 saturated carbocycles. The topological polar surface area (TPSA) is 86.3 Å². The van der Waals surface area contributed by atoms with Crippen LogP contribution < -0.4 is 0 Å². The van der Waals surface area contributed by atoms with E-state index in [9.17, 15) is 4.79 Å². The van der Waals surface area contributed by atoms with Crippen LogP contribution in [0.25, 0.3) is 0 Å². The number of hydrogen-bond donors (Lipinski definition) is 0. The Morgan fingerprint density at radius 1 is 1.40 bits per heavy atom. The highest BCUT2D eigenvalue weighted by Gasteiger charge is 2.24. The summed E-state index contributed by atoms with van der Waals surface area (Å²) in [7, 11) is 0. The Hall–Kier alpha value is -2.22. The van der Waals surface area contributed by atoms with Crippen molar-refractivity contribution in [3.63, 3.8) is 0 Å². The zero-order valence-corrected chi connectivity index (χ0v) is 15.1. The lowest BCUT2D eigenvalue weighted by molar-refractivity contribution is -0.136. The summed E-state index contributed by atoms with van der Waals surface area (Å²) in [6.45, 7) is 8.05. The minimum Gasteiger partial charge on any atom is -0.367 e. The van der Waals surface area contributed by atoms with E-state index in [1.165, 1.54) is 0 Å². The molecule has 2 aromatic rings. The van der Waals surface area contributed by atoms with Crippen molar-refractivity contribution in [3.05, 3.63) is 29.2 Å². The minimum atomic E-state index is 0.0126. The van der Waals surface area contributed by atoms with Crippen LogP contribution in [0.1, 0.15) is 42.4 Å².